The van der Waals surface area contributed by atoms with E-state index in [1.165, 1.54) is 0 Å². The molecule has 6 nitrogen and oxygen atoms in total. The third-order valence-corrected chi connectivity index (χ3v) is 3.83. The summed E-state index contributed by atoms with van der Waals surface area (Å²) in [6.45, 7) is 3.12. The first-order valence-electron chi connectivity index (χ1n) is 6.72. The fourth-order valence-corrected chi connectivity index (χ4v) is 3.02. The van der Waals surface area contributed by atoms with Crippen LogP contribution in [0.15, 0.2) is 18.2 Å². The number of benzene rings is 1. The second-order valence-electron chi connectivity index (χ2n) is 5.16. The Morgan fingerprint density at radius 1 is 1.45 bits per heavy atom. The van der Waals surface area contributed by atoms with E-state index in [1.54, 1.807) is 6.92 Å². The zero-order chi connectivity index (χ0) is 14.2. The molecule has 3 rings (SSSR count). The summed E-state index contributed by atoms with van der Waals surface area (Å²) in [4.78, 5) is 23.4. The fraction of sp³-hybridized carbons (Fsp3) is 0.429. The highest BCUT2D eigenvalue weighted by Crippen LogP contribution is 2.46. The van der Waals surface area contributed by atoms with Crippen LogP contribution in [0.5, 0.6) is 0 Å². The van der Waals surface area contributed by atoms with Crippen molar-refractivity contribution in [1.29, 1.82) is 0 Å². The summed E-state index contributed by atoms with van der Waals surface area (Å²) in [6, 6.07) is 5.78. The molecule has 0 saturated heterocycles. The molecular weight excluding hydrogens is 258 g/mol. The van der Waals surface area contributed by atoms with Gasteiger partial charge in [-0.05, 0) is 19.1 Å². The SMILES string of the molecule is CCOC(=O)NCC12CNc3cccc(c31)NC(=O)C2. The van der Waals surface area contributed by atoms with E-state index in [0.717, 1.165) is 16.9 Å². The van der Waals surface area contributed by atoms with Crippen LogP contribution in [-0.4, -0.2) is 31.7 Å². The number of hydrogen-bond acceptors (Lipinski definition) is 4. The van der Waals surface area contributed by atoms with Crippen LogP contribution in [0.25, 0.3) is 0 Å². The Kier molecular flexibility index (Phi) is 3.00. The molecule has 0 aromatic heterocycles. The highest BCUT2D eigenvalue weighted by Gasteiger charge is 2.45. The van der Waals surface area contributed by atoms with Gasteiger partial charge >= 0.3 is 6.09 Å². The molecule has 0 aliphatic carbocycles. The van der Waals surface area contributed by atoms with Gasteiger partial charge in [-0.25, -0.2) is 4.79 Å². The molecule has 1 atom stereocenters. The number of carbonyl (C=O) groups excluding carboxylic acids is 2. The Morgan fingerprint density at radius 3 is 3.05 bits per heavy atom. The summed E-state index contributed by atoms with van der Waals surface area (Å²) in [5, 5.41) is 8.96. The van der Waals surface area contributed by atoms with Gasteiger partial charge in [0.05, 0.1) is 6.61 Å². The van der Waals surface area contributed by atoms with Gasteiger partial charge in [0.2, 0.25) is 5.91 Å². The molecule has 1 unspecified atom stereocenters. The molecule has 0 spiro atoms. The molecule has 20 heavy (non-hydrogen) atoms. The number of nitrogens with one attached hydrogen (secondary N) is 3. The lowest BCUT2D eigenvalue weighted by Gasteiger charge is -2.34. The van der Waals surface area contributed by atoms with Crippen molar-refractivity contribution < 1.29 is 14.3 Å². The standard InChI is InChI=1S/C14H17N3O3/c1-2-20-13(19)16-8-14-6-11(18)17-10-5-3-4-9(12(10)14)15-7-14/h3-5,15H,2,6-8H2,1H3,(H,16,19)(H,17,18). The number of anilines is 2. The Balaban J connectivity index is 1.89. The summed E-state index contributed by atoms with van der Waals surface area (Å²) in [5.74, 6) is -0.0241. The maximum Gasteiger partial charge on any atom is 0.407 e. The van der Waals surface area contributed by atoms with E-state index in [4.69, 9.17) is 4.74 Å². The topological polar surface area (TPSA) is 79.5 Å². The normalized spacial score (nSPS) is 22.6. The van der Waals surface area contributed by atoms with Gasteiger partial charge in [0.15, 0.2) is 0 Å². The monoisotopic (exact) mass is 275 g/mol. The molecule has 6 heteroatoms. The molecule has 1 aromatic carbocycles. The largest absolute Gasteiger partial charge is 0.450 e. The van der Waals surface area contributed by atoms with Gasteiger partial charge in [-0.15, -0.1) is 0 Å². The van der Waals surface area contributed by atoms with Crippen molar-refractivity contribution in [1.82, 2.24) is 5.32 Å². The quantitative estimate of drug-likeness (QED) is 0.780. The van der Waals surface area contributed by atoms with Gasteiger partial charge in [-0.1, -0.05) is 6.07 Å². The van der Waals surface area contributed by atoms with Crippen LogP contribution in [0, 0.1) is 0 Å². The fourth-order valence-electron chi connectivity index (χ4n) is 3.02. The van der Waals surface area contributed by atoms with E-state index >= 15 is 0 Å². The summed E-state index contributed by atoms with van der Waals surface area (Å²) >= 11 is 0. The van der Waals surface area contributed by atoms with Crippen LogP contribution in [-0.2, 0) is 14.9 Å². The predicted molar refractivity (Wildman–Crippen MR) is 74.9 cm³/mol. The molecule has 2 aliphatic heterocycles. The smallest absolute Gasteiger partial charge is 0.407 e. The lowest BCUT2D eigenvalue weighted by molar-refractivity contribution is -0.117. The second kappa shape index (κ2) is 4.70. The number of ether oxygens (including phenoxy) is 1. The Bertz CT molecular complexity index is 573. The molecule has 0 bridgehead atoms. The van der Waals surface area contributed by atoms with Crippen LogP contribution in [0.4, 0.5) is 16.2 Å². The van der Waals surface area contributed by atoms with Crippen molar-refractivity contribution in [3.05, 3.63) is 23.8 Å². The van der Waals surface area contributed by atoms with Crippen LogP contribution in [0.1, 0.15) is 18.9 Å². The molecule has 0 fully saturated rings. The van der Waals surface area contributed by atoms with Gasteiger partial charge < -0.3 is 20.7 Å². The zero-order valence-corrected chi connectivity index (χ0v) is 11.3. The number of carbonyl (C=O) groups is 2. The van der Waals surface area contributed by atoms with Crippen molar-refractivity contribution in [2.75, 3.05) is 30.3 Å². The summed E-state index contributed by atoms with van der Waals surface area (Å²) in [5.41, 5.74) is 2.54. The van der Waals surface area contributed by atoms with E-state index in [2.05, 4.69) is 16.0 Å². The molecule has 2 heterocycles. The van der Waals surface area contributed by atoms with Crippen molar-refractivity contribution in [2.45, 2.75) is 18.8 Å². The highest BCUT2D eigenvalue weighted by molar-refractivity contribution is 5.98. The van der Waals surface area contributed by atoms with Crippen molar-refractivity contribution >= 4 is 23.4 Å². The van der Waals surface area contributed by atoms with Gasteiger partial charge in [0, 0.05) is 41.9 Å². The summed E-state index contributed by atoms with van der Waals surface area (Å²) < 4.78 is 4.88. The first-order valence-corrected chi connectivity index (χ1v) is 6.72. The second-order valence-corrected chi connectivity index (χ2v) is 5.16. The third kappa shape index (κ3) is 1.97. The Morgan fingerprint density at radius 2 is 2.25 bits per heavy atom. The predicted octanol–water partition coefficient (Wildman–Crippen LogP) is 1.44. The molecule has 2 amide bonds. The van der Waals surface area contributed by atoms with Gasteiger partial charge in [0.1, 0.15) is 0 Å². The molecule has 3 N–H and O–H groups in total. The van der Waals surface area contributed by atoms with Crippen LogP contribution in [0.2, 0.25) is 0 Å². The summed E-state index contributed by atoms with van der Waals surface area (Å²) in [7, 11) is 0. The molecule has 0 radical (unpaired) electrons. The lowest BCUT2D eigenvalue weighted by Crippen LogP contribution is -2.47. The summed E-state index contributed by atoms with van der Waals surface area (Å²) in [6.07, 6.45) is -0.0880. The Hall–Kier alpha value is -2.24. The molecule has 106 valence electrons. The van der Waals surface area contributed by atoms with Gasteiger partial charge in [-0.3, -0.25) is 4.79 Å². The van der Waals surface area contributed by atoms with Crippen molar-refractivity contribution in [3.63, 3.8) is 0 Å². The minimum atomic E-state index is -0.446. The Labute approximate surface area is 116 Å². The van der Waals surface area contributed by atoms with E-state index in [0.29, 0.717) is 26.1 Å². The number of rotatable bonds is 3. The maximum absolute atomic E-state index is 11.9. The van der Waals surface area contributed by atoms with Crippen LogP contribution < -0.4 is 16.0 Å². The first-order chi connectivity index (χ1) is 9.64. The minimum Gasteiger partial charge on any atom is -0.450 e. The van der Waals surface area contributed by atoms with E-state index in [1.807, 2.05) is 18.2 Å². The van der Waals surface area contributed by atoms with E-state index in [-0.39, 0.29) is 11.3 Å². The number of amides is 2. The first kappa shape index (κ1) is 12.8. The molecule has 0 saturated carbocycles. The zero-order valence-electron chi connectivity index (χ0n) is 11.3. The molecular formula is C14H17N3O3. The third-order valence-electron chi connectivity index (χ3n) is 3.83. The van der Waals surface area contributed by atoms with E-state index < -0.39 is 6.09 Å². The highest BCUT2D eigenvalue weighted by atomic mass is 16.5. The number of alkyl carbamates (subject to hydrolysis) is 1. The van der Waals surface area contributed by atoms with Crippen molar-refractivity contribution in [3.8, 4) is 0 Å². The average Bonchev–Trinajstić information content (AvgIpc) is 2.78. The van der Waals surface area contributed by atoms with E-state index in [9.17, 15) is 9.59 Å². The van der Waals surface area contributed by atoms with Crippen molar-refractivity contribution in [2.24, 2.45) is 0 Å². The van der Waals surface area contributed by atoms with Crippen LogP contribution >= 0.6 is 0 Å². The number of hydrogen-bond donors (Lipinski definition) is 3. The van der Waals surface area contributed by atoms with Gasteiger partial charge in [-0.2, -0.15) is 0 Å². The van der Waals surface area contributed by atoms with Gasteiger partial charge in [0.25, 0.3) is 0 Å². The molecule has 2 aliphatic rings. The average molecular weight is 275 g/mol. The molecule has 1 aromatic rings. The minimum absolute atomic E-state index is 0.0241. The lowest BCUT2D eigenvalue weighted by atomic mass is 9.76. The maximum atomic E-state index is 11.9. The van der Waals surface area contributed by atoms with Crippen LogP contribution in [0.3, 0.4) is 0 Å².